The largest absolute Gasteiger partial charge is 0.452 e. The lowest BCUT2D eigenvalue weighted by Crippen LogP contribution is -1.91. The monoisotopic (exact) mass is 264 g/mol. The molecule has 0 aliphatic heterocycles. The third-order valence-corrected chi connectivity index (χ3v) is 2.88. The number of rotatable bonds is 2. The minimum absolute atomic E-state index is 0.0714. The van der Waals surface area contributed by atoms with Gasteiger partial charge in [0.25, 0.3) is 0 Å². The Morgan fingerprint density at radius 1 is 1.05 bits per heavy atom. The van der Waals surface area contributed by atoms with Crippen LogP contribution in [0.3, 0.4) is 0 Å². The summed E-state index contributed by atoms with van der Waals surface area (Å²) in [7, 11) is 0. The molecule has 3 nitrogen and oxygen atoms in total. The van der Waals surface area contributed by atoms with Crippen LogP contribution in [0.1, 0.15) is 5.56 Å². The molecule has 0 aliphatic carbocycles. The summed E-state index contributed by atoms with van der Waals surface area (Å²) >= 11 is 0. The number of pyridine rings is 1. The van der Waals surface area contributed by atoms with Crippen LogP contribution in [0.4, 0.5) is 4.39 Å². The van der Waals surface area contributed by atoms with Gasteiger partial charge in [-0.15, -0.1) is 0 Å². The van der Waals surface area contributed by atoms with E-state index in [1.165, 1.54) is 12.1 Å². The van der Waals surface area contributed by atoms with Crippen molar-refractivity contribution < 1.29 is 9.13 Å². The van der Waals surface area contributed by atoms with Crippen molar-refractivity contribution in [2.45, 2.75) is 0 Å². The van der Waals surface area contributed by atoms with Crippen molar-refractivity contribution in [1.29, 1.82) is 5.26 Å². The van der Waals surface area contributed by atoms with E-state index in [0.717, 1.165) is 11.5 Å². The maximum atomic E-state index is 13.8. The van der Waals surface area contributed by atoms with Crippen LogP contribution in [0.2, 0.25) is 0 Å². The van der Waals surface area contributed by atoms with Crippen LogP contribution in [-0.4, -0.2) is 4.98 Å². The second kappa shape index (κ2) is 4.98. The summed E-state index contributed by atoms with van der Waals surface area (Å²) < 4.78 is 19.4. The molecule has 0 N–H and O–H groups in total. The molecule has 20 heavy (non-hydrogen) atoms. The van der Waals surface area contributed by atoms with Crippen LogP contribution in [0.5, 0.6) is 11.5 Å². The van der Waals surface area contributed by atoms with Gasteiger partial charge in [0.2, 0.25) is 0 Å². The lowest BCUT2D eigenvalue weighted by molar-refractivity contribution is 0.445. The molecule has 0 saturated carbocycles. The molecule has 4 heteroatoms. The van der Waals surface area contributed by atoms with Gasteiger partial charge >= 0.3 is 0 Å². The van der Waals surface area contributed by atoms with Crippen molar-refractivity contribution in [1.82, 2.24) is 4.98 Å². The van der Waals surface area contributed by atoms with Gasteiger partial charge in [-0.1, -0.05) is 18.2 Å². The first-order chi connectivity index (χ1) is 9.78. The molecule has 0 bridgehead atoms. The van der Waals surface area contributed by atoms with Crippen LogP contribution in [0, 0.1) is 17.1 Å². The minimum atomic E-state index is -0.572. The van der Waals surface area contributed by atoms with Crippen molar-refractivity contribution in [3.05, 3.63) is 66.1 Å². The van der Waals surface area contributed by atoms with Gasteiger partial charge in [0.05, 0.1) is 11.6 Å². The molecule has 0 radical (unpaired) electrons. The van der Waals surface area contributed by atoms with Crippen LogP contribution in [0.15, 0.2) is 54.7 Å². The molecule has 0 unspecified atom stereocenters. The van der Waals surface area contributed by atoms with E-state index in [2.05, 4.69) is 4.98 Å². The molecule has 0 aliphatic rings. The van der Waals surface area contributed by atoms with Gasteiger partial charge in [-0.2, -0.15) is 5.26 Å². The lowest BCUT2D eigenvalue weighted by Gasteiger charge is -2.09. The zero-order chi connectivity index (χ0) is 13.9. The highest BCUT2D eigenvalue weighted by molar-refractivity contribution is 5.84. The summed E-state index contributed by atoms with van der Waals surface area (Å²) in [5, 5.41) is 9.63. The summed E-state index contributed by atoms with van der Waals surface area (Å²) in [5.41, 5.74) is 0.921. The molecule has 3 rings (SSSR count). The molecule has 0 spiro atoms. The van der Waals surface area contributed by atoms with Gasteiger partial charge in [0, 0.05) is 11.6 Å². The quantitative estimate of drug-likeness (QED) is 0.701. The zero-order valence-electron chi connectivity index (χ0n) is 10.4. The second-order valence-electron chi connectivity index (χ2n) is 4.19. The van der Waals surface area contributed by atoms with Gasteiger partial charge in [0.15, 0.2) is 17.3 Å². The van der Waals surface area contributed by atoms with Gasteiger partial charge in [-0.05, 0) is 30.3 Å². The van der Waals surface area contributed by atoms with Crippen molar-refractivity contribution in [2.24, 2.45) is 0 Å². The Morgan fingerprint density at radius 2 is 1.90 bits per heavy atom. The summed E-state index contributed by atoms with van der Waals surface area (Å²) in [6, 6.07) is 15.2. The van der Waals surface area contributed by atoms with Crippen molar-refractivity contribution in [3.63, 3.8) is 0 Å². The molecule has 2 aromatic carbocycles. The third kappa shape index (κ3) is 2.17. The van der Waals surface area contributed by atoms with Crippen LogP contribution in [0.25, 0.3) is 10.9 Å². The highest BCUT2D eigenvalue weighted by Gasteiger charge is 2.09. The Kier molecular flexibility index (Phi) is 3.02. The molecule has 0 atom stereocenters. The average Bonchev–Trinajstić information content (AvgIpc) is 2.49. The van der Waals surface area contributed by atoms with Crippen LogP contribution >= 0.6 is 0 Å². The Morgan fingerprint density at radius 3 is 2.70 bits per heavy atom. The summed E-state index contributed by atoms with van der Waals surface area (Å²) in [5.74, 6) is -0.0224. The fourth-order valence-electron chi connectivity index (χ4n) is 1.93. The minimum Gasteiger partial charge on any atom is -0.452 e. The van der Waals surface area contributed by atoms with Crippen molar-refractivity contribution in [3.8, 4) is 17.6 Å². The summed E-state index contributed by atoms with van der Waals surface area (Å²) in [6.45, 7) is 0. The second-order valence-corrected chi connectivity index (χ2v) is 4.19. The van der Waals surface area contributed by atoms with Gasteiger partial charge in [0.1, 0.15) is 5.52 Å². The number of benzene rings is 2. The summed E-state index contributed by atoms with van der Waals surface area (Å²) in [6.07, 6.45) is 1.66. The first kappa shape index (κ1) is 12.1. The van der Waals surface area contributed by atoms with Crippen molar-refractivity contribution >= 4 is 10.9 Å². The Hall–Kier alpha value is -2.93. The molecule has 3 aromatic rings. The predicted molar refractivity (Wildman–Crippen MR) is 72.9 cm³/mol. The van der Waals surface area contributed by atoms with E-state index in [0.29, 0.717) is 11.3 Å². The van der Waals surface area contributed by atoms with Gasteiger partial charge in [-0.25, -0.2) is 4.39 Å². The molecular weight excluding hydrogens is 255 g/mol. The standard InChI is InChI=1S/C16H9FN2O/c17-13-9-11(10-18)6-7-14(13)20-15-5-1-3-12-4-2-8-19-16(12)15/h1-9H. The first-order valence-corrected chi connectivity index (χ1v) is 5.99. The summed E-state index contributed by atoms with van der Waals surface area (Å²) in [4.78, 5) is 4.24. The van der Waals surface area contributed by atoms with E-state index >= 15 is 0 Å². The van der Waals surface area contributed by atoms with E-state index in [-0.39, 0.29) is 11.3 Å². The SMILES string of the molecule is N#Cc1ccc(Oc2cccc3cccnc23)c(F)c1. The topological polar surface area (TPSA) is 45.9 Å². The lowest BCUT2D eigenvalue weighted by atomic mass is 10.2. The van der Waals surface area contributed by atoms with E-state index in [9.17, 15) is 4.39 Å². The third-order valence-electron chi connectivity index (χ3n) is 2.88. The molecule has 96 valence electrons. The molecular formula is C16H9FN2O. The van der Waals surface area contributed by atoms with E-state index in [1.54, 1.807) is 12.3 Å². The number of aromatic nitrogens is 1. The number of nitriles is 1. The van der Waals surface area contributed by atoms with Crippen LogP contribution in [-0.2, 0) is 0 Å². The number of hydrogen-bond donors (Lipinski definition) is 0. The number of nitrogens with zero attached hydrogens (tertiary/aromatic N) is 2. The molecule has 1 aromatic heterocycles. The Labute approximate surface area is 114 Å². The van der Waals surface area contributed by atoms with Gasteiger partial charge in [-0.3, -0.25) is 4.98 Å². The fraction of sp³-hybridized carbons (Fsp3) is 0. The Bertz CT molecular complexity index is 819. The number of para-hydroxylation sites is 1. The maximum Gasteiger partial charge on any atom is 0.167 e. The van der Waals surface area contributed by atoms with E-state index < -0.39 is 5.82 Å². The number of hydrogen-bond acceptors (Lipinski definition) is 3. The smallest absolute Gasteiger partial charge is 0.167 e. The maximum absolute atomic E-state index is 13.8. The fourth-order valence-corrected chi connectivity index (χ4v) is 1.93. The highest BCUT2D eigenvalue weighted by Crippen LogP contribution is 2.30. The number of fused-ring (bicyclic) bond motifs is 1. The van der Waals surface area contributed by atoms with E-state index in [4.69, 9.17) is 10.00 Å². The Balaban J connectivity index is 2.04. The molecule has 0 saturated heterocycles. The predicted octanol–water partition coefficient (Wildman–Crippen LogP) is 4.04. The molecule has 1 heterocycles. The number of halogens is 1. The number of ether oxygens (including phenoxy) is 1. The molecule has 0 fully saturated rings. The van der Waals surface area contributed by atoms with Gasteiger partial charge < -0.3 is 4.74 Å². The van der Waals surface area contributed by atoms with E-state index in [1.807, 2.05) is 30.3 Å². The normalized spacial score (nSPS) is 10.2. The highest BCUT2D eigenvalue weighted by atomic mass is 19.1. The zero-order valence-corrected chi connectivity index (χ0v) is 10.4. The average molecular weight is 264 g/mol. The first-order valence-electron chi connectivity index (χ1n) is 5.99. The van der Waals surface area contributed by atoms with Crippen LogP contribution < -0.4 is 4.74 Å². The van der Waals surface area contributed by atoms with Crippen molar-refractivity contribution in [2.75, 3.05) is 0 Å². The molecule has 0 amide bonds.